The van der Waals surface area contributed by atoms with E-state index >= 15 is 0 Å². The number of rotatable bonds is 7. The Kier molecular flexibility index (Phi) is 5.86. The monoisotopic (exact) mass is 311 g/mol. The second-order valence-corrected chi connectivity index (χ2v) is 5.81. The molecule has 3 nitrogen and oxygen atoms in total. The fourth-order valence-electron chi connectivity index (χ4n) is 1.72. The Morgan fingerprint density at radius 3 is 2.70 bits per heavy atom. The number of hydrogen-bond acceptors (Lipinski definition) is 4. The Balaban J connectivity index is 1.66. The summed E-state index contributed by atoms with van der Waals surface area (Å²) in [6.45, 7) is 3.63. The van der Waals surface area contributed by atoms with Crippen molar-refractivity contribution >= 4 is 22.9 Å². The normalized spacial score (nSPS) is 12.3. The van der Waals surface area contributed by atoms with Gasteiger partial charge in [-0.25, -0.2) is 0 Å². The number of aliphatic hydroxyl groups is 1. The molecule has 0 spiro atoms. The van der Waals surface area contributed by atoms with Gasteiger partial charge in [0.05, 0.1) is 0 Å². The molecule has 20 heavy (non-hydrogen) atoms. The standard InChI is InChI=1S/C15H18ClNO2S/c1-11-9-20-10-12(11)6-17-7-14(18)8-19-15-4-2-13(16)3-5-15/h2-5,9-10,14,17-18H,6-8H2,1H3. The van der Waals surface area contributed by atoms with Crippen molar-refractivity contribution in [3.63, 3.8) is 0 Å². The van der Waals surface area contributed by atoms with Gasteiger partial charge in [0, 0.05) is 18.1 Å². The zero-order valence-corrected chi connectivity index (χ0v) is 12.9. The summed E-state index contributed by atoms with van der Waals surface area (Å²) in [6, 6.07) is 7.11. The minimum Gasteiger partial charge on any atom is -0.491 e. The zero-order chi connectivity index (χ0) is 14.4. The van der Waals surface area contributed by atoms with Gasteiger partial charge in [0.15, 0.2) is 0 Å². The second-order valence-electron chi connectivity index (χ2n) is 4.63. The number of benzene rings is 1. The SMILES string of the molecule is Cc1cscc1CNCC(O)COc1ccc(Cl)cc1. The molecule has 2 aromatic rings. The molecule has 0 saturated heterocycles. The highest BCUT2D eigenvalue weighted by molar-refractivity contribution is 7.08. The van der Waals surface area contributed by atoms with Gasteiger partial charge in [0.1, 0.15) is 18.5 Å². The van der Waals surface area contributed by atoms with Crippen LogP contribution in [-0.4, -0.2) is 24.4 Å². The van der Waals surface area contributed by atoms with Crippen LogP contribution in [0.4, 0.5) is 0 Å². The van der Waals surface area contributed by atoms with Gasteiger partial charge in [0.2, 0.25) is 0 Å². The number of hydrogen-bond donors (Lipinski definition) is 2. The summed E-state index contributed by atoms with van der Waals surface area (Å²) in [5.41, 5.74) is 2.57. The van der Waals surface area contributed by atoms with Crippen LogP contribution in [0.3, 0.4) is 0 Å². The van der Waals surface area contributed by atoms with Crippen LogP contribution in [0.15, 0.2) is 35.0 Å². The summed E-state index contributed by atoms with van der Waals surface area (Å²) >= 11 is 7.49. The minimum absolute atomic E-state index is 0.261. The molecule has 1 atom stereocenters. The van der Waals surface area contributed by atoms with E-state index in [1.807, 2.05) is 0 Å². The molecular formula is C15H18ClNO2S. The fourth-order valence-corrected chi connectivity index (χ4v) is 2.71. The summed E-state index contributed by atoms with van der Waals surface area (Å²) < 4.78 is 5.49. The smallest absolute Gasteiger partial charge is 0.119 e. The van der Waals surface area contributed by atoms with E-state index in [9.17, 15) is 5.11 Å². The topological polar surface area (TPSA) is 41.5 Å². The molecule has 2 rings (SSSR count). The van der Waals surface area contributed by atoms with Gasteiger partial charge >= 0.3 is 0 Å². The second kappa shape index (κ2) is 7.64. The number of aryl methyl sites for hydroxylation is 1. The Labute approximate surface area is 128 Å². The zero-order valence-electron chi connectivity index (χ0n) is 11.3. The van der Waals surface area contributed by atoms with E-state index < -0.39 is 6.10 Å². The lowest BCUT2D eigenvalue weighted by molar-refractivity contribution is 0.106. The Morgan fingerprint density at radius 1 is 1.30 bits per heavy atom. The van der Waals surface area contributed by atoms with Gasteiger partial charge in [-0.3, -0.25) is 0 Å². The molecule has 0 bridgehead atoms. The number of nitrogens with one attached hydrogen (secondary N) is 1. The van der Waals surface area contributed by atoms with E-state index in [0.717, 1.165) is 6.54 Å². The molecule has 0 aliphatic rings. The average Bonchev–Trinajstić information content (AvgIpc) is 2.84. The lowest BCUT2D eigenvalue weighted by Gasteiger charge is -2.13. The predicted molar refractivity (Wildman–Crippen MR) is 83.7 cm³/mol. The summed E-state index contributed by atoms with van der Waals surface area (Å²) in [7, 11) is 0. The number of aliphatic hydroxyl groups excluding tert-OH is 1. The van der Waals surface area contributed by atoms with Crippen molar-refractivity contribution in [1.29, 1.82) is 0 Å². The number of ether oxygens (including phenoxy) is 1. The Morgan fingerprint density at radius 2 is 2.05 bits per heavy atom. The molecule has 1 aromatic heterocycles. The van der Waals surface area contributed by atoms with E-state index in [-0.39, 0.29) is 6.61 Å². The summed E-state index contributed by atoms with van der Waals surface area (Å²) in [6.07, 6.45) is -0.537. The molecule has 0 fully saturated rings. The van der Waals surface area contributed by atoms with E-state index in [2.05, 4.69) is 23.0 Å². The molecule has 1 heterocycles. The van der Waals surface area contributed by atoms with Crippen LogP contribution in [-0.2, 0) is 6.54 Å². The molecular weight excluding hydrogens is 294 g/mol. The van der Waals surface area contributed by atoms with Crippen molar-refractivity contribution in [1.82, 2.24) is 5.32 Å². The highest BCUT2D eigenvalue weighted by Crippen LogP contribution is 2.15. The maximum absolute atomic E-state index is 9.85. The van der Waals surface area contributed by atoms with E-state index in [1.54, 1.807) is 35.6 Å². The Bertz CT molecular complexity index is 527. The lowest BCUT2D eigenvalue weighted by Crippen LogP contribution is -2.31. The van der Waals surface area contributed by atoms with E-state index in [0.29, 0.717) is 17.3 Å². The van der Waals surface area contributed by atoms with Crippen LogP contribution in [0.5, 0.6) is 5.75 Å². The van der Waals surface area contributed by atoms with Crippen LogP contribution in [0.25, 0.3) is 0 Å². The van der Waals surface area contributed by atoms with Gasteiger partial charge in [-0.2, -0.15) is 11.3 Å². The third-order valence-corrected chi connectivity index (χ3v) is 4.08. The summed E-state index contributed by atoms with van der Waals surface area (Å²) in [5.74, 6) is 0.710. The summed E-state index contributed by atoms with van der Waals surface area (Å²) in [4.78, 5) is 0. The van der Waals surface area contributed by atoms with Crippen molar-refractivity contribution in [2.75, 3.05) is 13.2 Å². The van der Waals surface area contributed by atoms with Crippen LogP contribution in [0.2, 0.25) is 5.02 Å². The largest absolute Gasteiger partial charge is 0.491 e. The maximum atomic E-state index is 9.85. The minimum atomic E-state index is -0.537. The van der Waals surface area contributed by atoms with Crippen LogP contribution in [0.1, 0.15) is 11.1 Å². The average molecular weight is 312 g/mol. The molecule has 108 valence electrons. The maximum Gasteiger partial charge on any atom is 0.119 e. The van der Waals surface area contributed by atoms with E-state index in [4.69, 9.17) is 16.3 Å². The van der Waals surface area contributed by atoms with Crippen molar-refractivity contribution in [2.45, 2.75) is 19.6 Å². The van der Waals surface area contributed by atoms with Gasteiger partial charge in [-0.15, -0.1) is 0 Å². The first-order valence-corrected chi connectivity index (χ1v) is 7.76. The quantitative estimate of drug-likeness (QED) is 0.825. The van der Waals surface area contributed by atoms with Crippen molar-refractivity contribution in [3.05, 3.63) is 51.2 Å². The van der Waals surface area contributed by atoms with Crippen molar-refractivity contribution in [3.8, 4) is 5.75 Å². The van der Waals surface area contributed by atoms with Gasteiger partial charge in [-0.05, 0) is 53.1 Å². The molecule has 0 aliphatic heterocycles. The summed E-state index contributed by atoms with van der Waals surface area (Å²) in [5, 5.41) is 18.0. The first-order chi connectivity index (χ1) is 9.65. The molecule has 0 aliphatic carbocycles. The molecule has 1 unspecified atom stereocenters. The fraction of sp³-hybridized carbons (Fsp3) is 0.333. The third-order valence-electron chi connectivity index (χ3n) is 2.91. The first kappa shape index (κ1) is 15.3. The lowest BCUT2D eigenvalue weighted by atomic mass is 10.2. The molecule has 2 N–H and O–H groups in total. The molecule has 0 amide bonds. The van der Waals surface area contributed by atoms with Crippen LogP contribution >= 0.6 is 22.9 Å². The predicted octanol–water partition coefficient (Wildman–Crippen LogP) is 3.24. The molecule has 0 radical (unpaired) electrons. The number of thiophene rings is 1. The number of halogens is 1. The van der Waals surface area contributed by atoms with Crippen LogP contribution in [0, 0.1) is 6.92 Å². The van der Waals surface area contributed by atoms with Gasteiger partial charge < -0.3 is 15.2 Å². The Hall–Kier alpha value is -1.07. The first-order valence-electron chi connectivity index (χ1n) is 6.44. The highest BCUT2D eigenvalue weighted by Gasteiger charge is 2.06. The van der Waals surface area contributed by atoms with Gasteiger partial charge in [-0.1, -0.05) is 11.6 Å². The van der Waals surface area contributed by atoms with Crippen molar-refractivity contribution in [2.24, 2.45) is 0 Å². The molecule has 5 heteroatoms. The molecule has 0 saturated carbocycles. The van der Waals surface area contributed by atoms with Crippen LogP contribution < -0.4 is 10.1 Å². The van der Waals surface area contributed by atoms with Crippen molar-refractivity contribution < 1.29 is 9.84 Å². The highest BCUT2D eigenvalue weighted by atomic mass is 35.5. The molecule has 1 aromatic carbocycles. The third kappa shape index (κ3) is 4.80. The van der Waals surface area contributed by atoms with Gasteiger partial charge in [0.25, 0.3) is 0 Å². The van der Waals surface area contributed by atoms with E-state index in [1.165, 1.54) is 11.1 Å².